The first-order chi connectivity index (χ1) is 63.4. The molecule has 6 nitrogen and oxygen atoms in total. The van der Waals surface area contributed by atoms with Gasteiger partial charge in [0.25, 0.3) is 0 Å². The van der Waals surface area contributed by atoms with Gasteiger partial charge in [-0.15, -0.1) is 0 Å². The van der Waals surface area contributed by atoms with Gasteiger partial charge in [0.05, 0.1) is 22.0 Å². The number of benzene rings is 18. The predicted octanol–water partition coefficient (Wildman–Crippen LogP) is 31.9. The molecule has 1 fully saturated rings. The molecule has 18 aromatic carbocycles. The van der Waals surface area contributed by atoms with Gasteiger partial charge in [-0.1, -0.05) is 359 Å². The van der Waals surface area contributed by atoms with Gasteiger partial charge in [-0.25, -0.2) is 0 Å². The zero-order valence-corrected chi connectivity index (χ0v) is 75.5. The highest BCUT2D eigenvalue weighted by Crippen LogP contribution is 2.65. The summed E-state index contributed by atoms with van der Waals surface area (Å²) in [5.74, 6) is 0. The smallest absolute Gasteiger partial charge is 0.456 e. The van der Waals surface area contributed by atoms with Crippen LogP contribution in [0.15, 0.2) is 438 Å². The van der Waals surface area contributed by atoms with Crippen molar-refractivity contribution in [2.24, 2.45) is 0 Å². The summed E-state index contributed by atoms with van der Waals surface area (Å²) >= 11 is 3.56. The average Bonchev–Trinajstić information content (AvgIpc) is 1.49. The van der Waals surface area contributed by atoms with Crippen molar-refractivity contribution in [2.45, 2.75) is 88.3 Å². The molecule has 130 heavy (non-hydrogen) atoms. The first kappa shape index (κ1) is 80.2. The zero-order chi connectivity index (χ0) is 88.0. The number of nitrogens with zero attached hydrogens (tertiary/aromatic N) is 2. The normalized spacial score (nSPS) is 15.3. The SMILES string of the molecule is Brc1ccc(N(c2ccc(-c3ccccc3)cc2)c2ccc3c(c2)oc2ccccc23)cc1.CC1(C)c2ccccc2C2(c3ccccc3-c3c(-c4ccc(N(c5ccc(-c6ccccc6)cc5)c5ccc6c(c5)oc5ccccc56)cc4)cccc32)c2ccccc21.CC1(C)c2ccccc2C2(c3ccccc3-c3c(B4OC(C)(C)C(C)(C)O4)cccc32)c2ccccc21. The van der Waals surface area contributed by atoms with Crippen molar-refractivity contribution in [1.82, 2.24) is 0 Å². The highest BCUT2D eigenvalue weighted by molar-refractivity contribution is 9.10. The summed E-state index contributed by atoms with van der Waals surface area (Å²) in [4.78, 5) is 4.59. The van der Waals surface area contributed by atoms with Crippen molar-refractivity contribution in [1.29, 1.82) is 0 Å². The summed E-state index contributed by atoms with van der Waals surface area (Å²) < 4.78 is 26.9. The van der Waals surface area contributed by atoms with Gasteiger partial charge < -0.3 is 27.9 Å². The Morgan fingerprint density at radius 2 is 0.515 bits per heavy atom. The summed E-state index contributed by atoms with van der Waals surface area (Å²) in [6.07, 6.45) is 0. The monoisotopic (exact) mass is 1740 g/mol. The van der Waals surface area contributed by atoms with Gasteiger partial charge in [-0.05, 0) is 253 Å². The molecule has 0 amide bonds. The number of fused-ring (bicyclic) bond motifs is 24. The van der Waals surface area contributed by atoms with Crippen LogP contribution in [0.1, 0.15) is 122 Å². The molecular weight excluding hydrogens is 1650 g/mol. The van der Waals surface area contributed by atoms with Crippen LogP contribution in [0.3, 0.4) is 0 Å². The molecule has 626 valence electrons. The second kappa shape index (κ2) is 31.0. The third kappa shape index (κ3) is 12.6. The number of hydrogen-bond acceptors (Lipinski definition) is 6. The molecule has 0 atom stereocenters. The molecule has 0 N–H and O–H groups in total. The molecule has 0 unspecified atom stereocenters. The Morgan fingerprint density at radius 1 is 0.223 bits per heavy atom. The lowest BCUT2D eigenvalue weighted by Crippen LogP contribution is -2.41. The summed E-state index contributed by atoms with van der Waals surface area (Å²) in [6.45, 7) is 18.0. The molecule has 25 rings (SSSR count). The summed E-state index contributed by atoms with van der Waals surface area (Å²) in [7, 11) is -0.423. The number of hydrogen-bond donors (Lipinski definition) is 0. The van der Waals surface area contributed by atoms with Crippen LogP contribution in [0.2, 0.25) is 0 Å². The van der Waals surface area contributed by atoms with E-state index in [-0.39, 0.29) is 10.8 Å². The van der Waals surface area contributed by atoms with Crippen molar-refractivity contribution in [3.05, 3.63) is 496 Å². The van der Waals surface area contributed by atoms with E-state index >= 15 is 0 Å². The predicted molar refractivity (Wildman–Crippen MR) is 542 cm³/mol. The van der Waals surface area contributed by atoms with E-state index in [1.807, 2.05) is 36.4 Å². The molecule has 3 heterocycles. The van der Waals surface area contributed by atoms with Gasteiger partial charge in [0, 0.05) is 83.1 Å². The minimum absolute atomic E-state index is 0.0978. The van der Waals surface area contributed by atoms with E-state index in [0.29, 0.717) is 0 Å². The fourth-order valence-electron chi connectivity index (χ4n) is 22.1. The number of furan rings is 2. The highest BCUT2D eigenvalue weighted by Gasteiger charge is 2.58. The minimum Gasteiger partial charge on any atom is -0.456 e. The Balaban J connectivity index is 0.000000118. The molecule has 1 saturated heterocycles. The largest absolute Gasteiger partial charge is 0.495 e. The summed E-state index contributed by atoms with van der Waals surface area (Å²) in [5.41, 5.74) is 38.0. The molecule has 0 radical (unpaired) electrons. The maximum absolute atomic E-state index is 6.62. The van der Waals surface area contributed by atoms with Gasteiger partial charge in [-0.2, -0.15) is 0 Å². The fourth-order valence-corrected chi connectivity index (χ4v) is 22.4. The van der Waals surface area contributed by atoms with E-state index in [9.17, 15) is 0 Å². The van der Waals surface area contributed by atoms with Crippen molar-refractivity contribution in [3.63, 3.8) is 0 Å². The Hall–Kier alpha value is -14.4. The molecule has 4 aliphatic carbocycles. The van der Waals surface area contributed by atoms with E-state index in [1.54, 1.807) is 0 Å². The molecule has 1 aliphatic heterocycles. The quantitative estimate of drug-likeness (QED) is 0.127. The number of anilines is 6. The lowest BCUT2D eigenvalue weighted by Gasteiger charge is -2.46. The molecule has 2 spiro atoms. The van der Waals surface area contributed by atoms with Crippen molar-refractivity contribution >= 4 is 107 Å². The first-order valence-corrected chi connectivity index (χ1v) is 46.0. The maximum atomic E-state index is 6.62. The zero-order valence-electron chi connectivity index (χ0n) is 73.9. The van der Waals surface area contributed by atoms with Gasteiger partial charge in [-0.3, -0.25) is 0 Å². The van der Waals surface area contributed by atoms with Gasteiger partial charge in [0.15, 0.2) is 0 Å². The first-order valence-electron chi connectivity index (χ1n) is 45.2. The van der Waals surface area contributed by atoms with Crippen LogP contribution in [0.25, 0.3) is 99.5 Å². The molecule has 0 saturated carbocycles. The molecule has 8 heteroatoms. The third-order valence-corrected chi connectivity index (χ3v) is 29.5. The number of para-hydroxylation sites is 2. The third-order valence-electron chi connectivity index (χ3n) is 28.9. The van der Waals surface area contributed by atoms with Gasteiger partial charge >= 0.3 is 7.12 Å². The van der Waals surface area contributed by atoms with Crippen LogP contribution in [0.5, 0.6) is 0 Å². The van der Waals surface area contributed by atoms with E-state index in [4.69, 9.17) is 18.1 Å². The second-order valence-electron chi connectivity index (χ2n) is 37.2. The van der Waals surface area contributed by atoms with E-state index in [1.165, 1.54) is 122 Å². The van der Waals surface area contributed by atoms with Crippen LogP contribution >= 0.6 is 15.9 Å². The molecule has 5 aliphatic rings. The topological polar surface area (TPSA) is 51.2 Å². The number of rotatable bonds is 10. The van der Waals surface area contributed by atoms with Crippen LogP contribution in [-0.4, -0.2) is 18.3 Å². The van der Waals surface area contributed by atoms with E-state index in [2.05, 4.69) is 469 Å². The standard InChI is InChI=1S/C58H41NO.C34H33BO2.C30H20BrNO/c1-57(2)49-21-9-11-23-51(49)58(52-24-12-10-22-50(52)57)48-20-8-6-18-47(48)56-44(19-14-25-53(56)58)40-29-33-42(34-30-40)59(41-31-27-39(28-32-41)38-15-4-3-5-16-38)43-35-36-46-45-17-7-13-26-54(45)60-55(46)37-43;1-31(2)24-16-9-11-18-26(24)34(27-19-12-10-17-25(27)31)23-15-8-7-14-22(23)30-28(34)20-13-21-29(30)35-36-32(3,4)33(5,6)37-35;31-23-12-16-25(17-13-23)32(24-14-10-22(11-15-24)21-6-2-1-3-7-21)26-18-19-28-27-8-4-5-9-29(27)33-30(28)20-26/h3-37H,1-2H3;7-21H,1-6H3;1-20H. The van der Waals surface area contributed by atoms with Crippen LogP contribution in [0.4, 0.5) is 34.1 Å². The molecule has 20 aromatic rings. The minimum atomic E-state index is -0.428. The molecular formula is C122H94BBrN2O4. The van der Waals surface area contributed by atoms with Crippen molar-refractivity contribution in [3.8, 4) is 55.6 Å². The Kier molecular flexibility index (Phi) is 19.1. The van der Waals surface area contributed by atoms with Crippen LogP contribution < -0.4 is 15.3 Å². The second-order valence-corrected chi connectivity index (χ2v) is 38.1. The Bertz CT molecular complexity index is 7710. The van der Waals surface area contributed by atoms with Gasteiger partial charge in [0.2, 0.25) is 0 Å². The lowest BCUT2D eigenvalue weighted by atomic mass is 9.55. The van der Waals surface area contributed by atoms with Crippen LogP contribution in [-0.2, 0) is 31.0 Å². The van der Waals surface area contributed by atoms with E-state index < -0.39 is 29.2 Å². The van der Waals surface area contributed by atoms with Crippen molar-refractivity contribution < 1.29 is 18.1 Å². The highest BCUT2D eigenvalue weighted by atomic mass is 79.9. The Labute approximate surface area is 768 Å². The Morgan fingerprint density at radius 3 is 0.931 bits per heavy atom. The summed E-state index contributed by atoms with van der Waals surface area (Å²) in [5, 5.41) is 4.52. The fraction of sp³-hybridized carbons (Fsp3) is 0.115. The maximum Gasteiger partial charge on any atom is 0.495 e. The summed E-state index contributed by atoms with van der Waals surface area (Å²) in [6, 6.07) is 154. The van der Waals surface area contributed by atoms with Crippen LogP contribution in [0, 0.1) is 0 Å². The van der Waals surface area contributed by atoms with Crippen molar-refractivity contribution in [2.75, 3.05) is 9.80 Å². The average molecular weight is 1740 g/mol. The lowest BCUT2D eigenvalue weighted by molar-refractivity contribution is 0.00578. The van der Waals surface area contributed by atoms with Gasteiger partial charge in [0.1, 0.15) is 22.3 Å². The number of halogens is 1. The van der Waals surface area contributed by atoms with E-state index in [0.717, 1.165) is 87.9 Å². The molecule has 0 bridgehead atoms. The molecule has 2 aromatic heterocycles.